The summed E-state index contributed by atoms with van der Waals surface area (Å²) in [6.45, 7) is 0. The standard InChI is InChI=1S/C20H18ClN5O4/c1-29-13-7-8-14(16(9-13)30-2)18(28)23-19-24-20-22-17(27)10-15(26(20)25-19)11-3-5-12(21)6-4-11/h3-9,15H,10H2,1-2H3,(H2,22,23,24,25,27,28). The number of nitrogens with one attached hydrogen (secondary N) is 2. The van der Waals surface area contributed by atoms with Gasteiger partial charge < -0.3 is 9.47 Å². The second-order valence-electron chi connectivity index (χ2n) is 6.54. The van der Waals surface area contributed by atoms with Gasteiger partial charge in [0.25, 0.3) is 11.9 Å². The topological polar surface area (TPSA) is 107 Å². The number of carbonyl (C=O) groups is 2. The van der Waals surface area contributed by atoms with Crippen molar-refractivity contribution in [3.63, 3.8) is 0 Å². The van der Waals surface area contributed by atoms with Crippen molar-refractivity contribution in [2.75, 3.05) is 24.9 Å². The number of ether oxygens (including phenoxy) is 2. The van der Waals surface area contributed by atoms with Gasteiger partial charge in [0.2, 0.25) is 11.9 Å². The molecule has 1 aromatic heterocycles. The molecule has 1 aliphatic rings. The highest BCUT2D eigenvalue weighted by atomic mass is 35.5. The normalized spacial score (nSPS) is 15.2. The third-order valence-corrected chi connectivity index (χ3v) is 4.94. The Morgan fingerprint density at radius 1 is 1.20 bits per heavy atom. The molecule has 30 heavy (non-hydrogen) atoms. The first-order valence-corrected chi connectivity index (χ1v) is 9.41. The summed E-state index contributed by atoms with van der Waals surface area (Å²) >= 11 is 5.96. The van der Waals surface area contributed by atoms with Crippen LogP contribution >= 0.6 is 11.6 Å². The van der Waals surface area contributed by atoms with Crippen LogP contribution in [0, 0.1) is 0 Å². The number of rotatable bonds is 5. The first kappa shape index (κ1) is 19.7. The Hall–Kier alpha value is -3.59. The minimum atomic E-state index is -0.452. The molecule has 2 heterocycles. The van der Waals surface area contributed by atoms with Gasteiger partial charge in [-0.3, -0.25) is 20.2 Å². The maximum atomic E-state index is 12.7. The van der Waals surface area contributed by atoms with Crippen molar-refractivity contribution in [3.8, 4) is 11.5 Å². The van der Waals surface area contributed by atoms with Crippen molar-refractivity contribution in [2.45, 2.75) is 12.5 Å². The Morgan fingerprint density at radius 3 is 2.67 bits per heavy atom. The minimum absolute atomic E-state index is 0.0639. The molecule has 9 nitrogen and oxygen atoms in total. The van der Waals surface area contributed by atoms with E-state index in [2.05, 4.69) is 20.7 Å². The van der Waals surface area contributed by atoms with Crippen molar-refractivity contribution in [2.24, 2.45) is 0 Å². The number of halogens is 1. The van der Waals surface area contributed by atoms with Gasteiger partial charge in [-0.15, -0.1) is 5.10 Å². The number of aromatic nitrogens is 3. The van der Waals surface area contributed by atoms with Gasteiger partial charge >= 0.3 is 0 Å². The summed E-state index contributed by atoms with van der Waals surface area (Å²) in [6, 6.07) is 11.6. The Kier molecular flexibility index (Phi) is 5.28. The molecule has 1 atom stereocenters. The molecule has 154 valence electrons. The van der Waals surface area contributed by atoms with Crippen LogP contribution in [0.1, 0.15) is 28.4 Å². The summed E-state index contributed by atoms with van der Waals surface area (Å²) < 4.78 is 12.0. The summed E-state index contributed by atoms with van der Waals surface area (Å²) in [6.07, 6.45) is 0.192. The van der Waals surface area contributed by atoms with Crippen LogP contribution in [0.15, 0.2) is 42.5 Å². The molecule has 0 radical (unpaired) electrons. The Morgan fingerprint density at radius 2 is 1.97 bits per heavy atom. The van der Waals surface area contributed by atoms with E-state index in [9.17, 15) is 9.59 Å². The number of amides is 2. The molecular weight excluding hydrogens is 410 g/mol. The zero-order valence-electron chi connectivity index (χ0n) is 16.2. The molecule has 0 fully saturated rings. The molecule has 10 heteroatoms. The Labute approximate surface area is 177 Å². The van der Waals surface area contributed by atoms with Crippen LogP contribution in [0.25, 0.3) is 0 Å². The molecule has 1 unspecified atom stereocenters. The first-order valence-electron chi connectivity index (χ1n) is 9.03. The number of fused-ring (bicyclic) bond motifs is 1. The Balaban J connectivity index is 1.62. The van der Waals surface area contributed by atoms with Gasteiger partial charge in [0.1, 0.15) is 11.5 Å². The lowest BCUT2D eigenvalue weighted by Gasteiger charge is -2.23. The highest BCUT2D eigenvalue weighted by Gasteiger charge is 2.29. The molecular formula is C20H18ClN5O4. The van der Waals surface area contributed by atoms with Gasteiger partial charge in [0, 0.05) is 11.1 Å². The smallest absolute Gasteiger partial charge is 0.261 e. The van der Waals surface area contributed by atoms with Crippen LogP contribution in [0.2, 0.25) is 5.02 Å². The number of carbonyl (C=O) groups excluding carboxylic acids is 2. The number of hydrogen-bond donors (Lipinski definition) is 2. The zero-order chi connectivity index (χ0) is 21.3. The van der Waals surface area contributed by atoms with E-state index in [0.717, 1.165) is 5.56 Å². The quantitative estimate of drug-likeness (QED) is 0.647. The summed E-state index contributed by atoms with van der Waals surface area (Å²) in [5, 5.41) is 10.3. The molecule has 0 aliphatic carbocycles. The van der Waals surface area contributed by atoms with Gasteiger partial charge in [-0.1, -0.05) is 23.7 Å². The summed E-state index contributed by atoms with van der Waals surface area (Å²) in [4.78, 5) is 29.1. The fourth-order valence-electron chi connectivity index (χ4n) is 3.22. The molecule has 0 saturated carbocycles. The third kappa shape index (κ3) is 3.79. The van der Waals surface area contributed by atoms with Gasteiger partial charge in [-0.25, -0.2) is 4.68 Å². The number of nitrogens with zero attached hydrogens (tertiary/aromatic N) is 3. The molecule has 0 spiro atoms. The molecule has 4 rings (SSSR count). The fourth-order valence-corrected chi connectivity index (χ4v) is 3.34. The van der Waals surface area contributed by atoms with E-state index in [-0.39, 0.29) is 30.3 Å². The van der Waals surface area contributed by atoms with Crippen LogP contribution in [0.4, 0.5) is 11.9 Å². The SMILES string of the molecule is COc1ccc(C(=O)Nc2nc3n(n2)C(c2ccc(Cl)cc2)CC(=O)N3)c(OC)c1. The molecule has 2 N–H and O–H groups in total. The molecule has 2 amide bonds. The third-order valence-electron chi connectivity index (χ3n) is 4.69. The second kappa shape index (κ2) is 8.03. The number of hydrogen-bond acceptors (Lipinski definition) is 6. The average Bonchev–Trinajstić information content (AvgIpc) is 3.15. The molecule has 3 aromatic rings. The van der Waals surface area contributed by atoms with Crippen LogP contribution in [0.5, 0.6) is 11.5 Å². The molecule has 2 aromatic carbocycles. The lowest BCUT2D eigenvalue weighted by atomic mass is 10.0. The Bertz CT molecular complexity index is 1110. The predicted molar refractivity (Wildman–Crippen MR) is 110 cm³/mol. The summed E-state index contributed by atoms with van der Waals surface area (Å²) in [5.41, 5.74) is 1.15. The summed E-state index contributed by atoms with van der Waals surface area (Å²) in [5.74, 6) is 0.587. The van der Waals surface area contributed by atoms with Crippen molar-refractivity contribution >= 4 is 35.3 Å². The van der Waals surface area contributed by atoms with Gasteiger partial charge in [0.05, 0.1) is 32.2 Å². The summed E-state index contributed by atoms with van der Waals surface area (Å²) in [7, 11) is 2.99. The second-order valence-corrected chi connectivity index (χ2v) is 6.98. The van der Waals surface area contributed by atoms with Crippen LogP contribution < -0.4 is 20.1 Å². The van der Waals surface area contributed by atoms with Gasteiger partial charge in [-0.05, 0) is 29.8 Å². The van der Waals surface area contributed by atoms with E-state index in [1.54, 1.807) is 35.0 Å². The molecule has 0 bridgehead atoms. The van der Waals surface area contributed by atoms with E-state index in [4.69, 9.17) is 21.1 Å². The highest BCUT2D eigenvalue weighted by molar-refractivity contribution is 6.30. The number of methoxy groups -OCH3 is 2. The van der Waals surface area contributed by atoms with Crippen molar-refractivity contribution < 1.29 is 19.1 Å². The minimum Gasteiger partial charge on any atom is -0.497 e. The van der Waals surface area contributed by atoms with Crippen LogP contribution in [-0.2, 0) is 4.79 Å². The maximum absolute atomic E-state index is 12.7. The van der Waals surface area contributed by atoms with E-state index in [0.29, 0.717) is 22.1 Å². The maximum Gasteiger partial charge on any atom is 0.261 e. The largest absolute Gasteiger partial charge is 0.497 e. The molecule has 0 saturated heterocycles. The fraction of sp³-hybridized carbons (Fsp3) is 0.200. The lowest BCUT2D eigenvalue weighted by Crippen LogP contribution is -2.29. The monoisotopic (exact) mass is 427 g/mol. The first-order chi connectivity index (χ1) is 14.5. The van der Waals surface area contributed by atoms with E-state index < -0.39 is 5.91 Å². The van der Waals surface area contributed by atoms with Gasteiger partial charge in [0.15, 0.2) is 0 Å². The van der Waals surface area contributed by atoms with Crippen LogP contribution in [-0.4, -0.2) is 40.8 Å². The van der Waals surface area contributed by atoms with E-state index in [1.165, 1.54) is 14.2 Å². The highest BCUT2D eigenvalue weighted by Crippen LogP contribution is 2.31. The average molecular weight is 428 g/mol. The van der Waals surface area contributed by atoms with Crippen molar-refractivity contribution in [1.29, 1.82) is 0 Å². The zero-order valence-corrected chi connectivity index (χ0v) is 16.9. The molecule has 1 aliphatic heterocycles. The van der Waals surface area contributed by atoms with Crippen LogP contribution in [0.3, 0.4) is 0 Å². The number of anilines is 2. The van der Waals surface area contributed by atoms with E-state index in [1.807, 2.05) is 12.1 Å². The number of benzene rings is 2. The predicted octanol–water partition coefficient (Wildman–Crippen LogP) is 3.13. The lowest BCUT2D eigenvalue weighted by molar-refractivity contribution is -0.117. The van der Waals surface area contributed by atoms with Crippen molar-refractivity contribution in [3.05, 3.63) is 58.6 Å². The van der Waals surface area contributed by atoms with Crippen molar-refractivity contribution in [1.82, 2.24) is 14.8 Å². The van der Waals surface area contributed by atoms with E-state index >= 15 is 0 Å². The van der Waals surface area contributed by atoms with Gasteiger partial charge in [-0.2, -0.15) is 4.98 Å².